The van der Waals surface area contributed by atoms with E-state index in [2.05, 4.69) is 0 Å². The molecule has 26 heavy (non-hydrogen) atoms. The van der Waals surface area contributed by atoms with Gasteiger partial charge in [-0.05, 0) is 6.07 Å². The van der Waals surface area contributed by atoms with E-state index in [1.807, 2.05) is 11.5 Å². The minimum Gasteiger partial charge on any atom is -0.748 e. The number of hydrogen-bond donors (Lipinski definition) is 0. The van der Waals surface area contributed by atoms with Gasteiger partial charge in [-0.3, -0.25) is 10.1 Å². The molecule has 0 amide bonds. The Morgan fingerprint density at radius 3 is 2.77 bits per heavy atom. The molecule has 0 bridgehead atoms. The highest BCUT2D eigenvalue weighted by atomic mass is 32.2. The number of furan rings is 1. The van der Waals surface area contributed by atoms with E-state index in [0.717, 1.165) is 16.6 Å². The van der Waals surface area contributed by atoms with Gasteiger partial charge in [-0.1, -0.05) is 11.3 Å². The molecule has 0 fully saturated rings. The van der Waals surface area contributed by atoms with E-state index in [9.17, 15) is 27.9 Å². The second-order valence-electron chi connectivity index (χ2n) is 5.32. The van der Waals surface area contributed by atoms with Crippen molar-refractivity contribution >= 4 is 33.3 Å². The zero-order valence-corrected chi connectivity index (χ0v) is 15.4. The van der Waals surface area contributed by atoms with Crippen LogP contribution in [0.5, 0.6) is 0 Å². The van der Waals surface area contributed by atoms with E-state index < -0.39 is 32.6 Å². The summed E-state index contributed by atoms with van der Waals surface area (Å²) < 4.78 is 43.5. The highest BCUT2D eigenvalue weighted by molar-refractivity contribution is 7.85. The summed E-state index contributed by atoms with van der Waals surface area (Å²) in [6.45, 7) is 2.30. The molecule has 142 valence electrons. The van der Waals surface area contributed by atoms with Crippen LogP contribution in [0.25, 0.3) is 0 Å². The molecule has 0 N–H and O–H groups in total. The molecule has 2 heterocycles. The van der Waals surface area contributed by atoms with Crippen LogP contribution in [0.4, 0.5) is 5.88 Å². The van der Waals surface area contributed by atoms with Gasteiger partial charge in [-0.25, -0.2) is 13.2 Å². The quantitative estimate of drug-likeness (QED) is 0.199. The Kier molecular flexibility index (Phi) is 6.45. The van der Waals surface area contributed by atoms with Crippen molar-refractivity contribution in [1.29, 1.82) is 0 Å². The van der Waals surface area contributed by atoms with Gasteiger partial charge in [0.05, 0.1) is 27.7 Å². The van der Waals surface area contributed by atoms with Crippen molar-refractivity contribution in [3.05, 3.63) is 44.1 Å². The lowest BCUT2D eigenvalue weighted by atomic mass is 10.3. The number of nitrogens with zero attached hydrogens (tertiary/aromatic N) is 2. The Labute approximate surface area is 152 Å². The molecule has 0 spiro atoms. The largest absolute Gasteiger partial charge is 0.748 e. The molecule has 0 radical (unpaired) electrons. The molecule has 0 atom stereocenters. The summed E-state index contributed by atoms with van der Waals surface area (Å²) in [4.78, 5) is 22.5. The van der Waals surface area contributed by atoms with Crippen LogP contribution >= 0.6 is 11.3 Å². The SMILES string of the molecule is Cc1c(CCOC(=O)c2ccc([N+](=O)[O-])o2)sc[n+]1CCCS(=O)(=O)[O-]. The summed E-state index contributed by atoms with van der Waals surface area (Å²) in [5, 5.41) is 10.5. The Balaban J connectivity index is 1.84. The number of thiazole rings is 1. The summed E-state index contributed by atoms with van der Waals surface area (Å²) >= 11 is 1.42. The van der Waals surface area contributed by atoms with Crippen molar-refractivity contribution in [2.45, 2.75) is 26.3 Å². The van der Waals surface area contributed by atoms with E-state index in [4.69, 9.17) is 9.15 Å². The molecule has 2 rings (SSSR count). The Hall–Kier alpha value is -2.31. The van der Waals surface area contributed by atoms with Gasteiger partial charge in [0.2, 0.25) is 11.3 Å². The third-order valence-electron chi connectivity index (χ3n) is 3.49. The predicted octanol–water partition coefficient (Wildman–Crippen LogP) is 1.18. The monoisotopic (exact) mass is 404 g/mol. The van der Waals surface area contributed by atoms with E-state index in [-0.39, 0.29) is 18.8 Å². The Morgan fingerprint density at radius 2 is 2.15 bits per heavy atom. The van der Waals surface area contributed by atoms with Gasteiger partial charge in [0.25, 0.3) is 0 Å². The van der Waals surface area contributed by atoms with Crippen LogP contribution in [0.2, 0.25) is 0 Å². The van der Waals surface area contributed by atoms with E-state index in [1.54, 1.807) is 5.51 Å². The highest BCUT2D eigenvalue weighted by Crippen LogP contribution is 2.17. The predicted molar refractivity (Wildman–Crippen MR) is 87.8 cm³/mol. The maximum atomic E-state index is 11.8. The third-order valence-corrected chi connectivity index (χ3v) is 5.42. The summed E-state index contributed by atoms with van der Waals surface area (Å²) in [6.07, 6.45) is 0.650. The first kappa shape index (κ1) is 20.0. The van der Waals surface area contributed by atoms with Crippen LogP contribution in [0.1, 0.15) is 27.5 Å². The minimum absolute atomic E-state index is 0.0592. The van der Waals surface area contributed by atoms with Crippen molar-refractivity contribution in [1.82, 2.24) is 0 Å². The molecule has 2 aromatic heterocycles. The van der Waals surface area contributed by atoms with Crippen molar-refractivity contribution in [3.63, 3.8) is 0 Å². The lowest BCUT2D eigenvalue weighted by Gasteiger charge is -2.04. The van der Waals surface area contributed by atoms with Crippen molar-refractivity contribution in [2.24, 2.45) is 0 Å². The lowest BCUT2D eigenvalue weighted by Crippen LogP contribution is -2.35. The lowest BCUT2D eigenvalue weighted by molar-refractivity contribution is -0.698. The number of aromatic nitrogens is 1. The first-order chi connectivity index (χ1) is 12.2. The summed E-state index contributed by atoms with van der Waals surface area (Å²) in [5.41, 5.74) is 2.70. The summed E-state index contributed by atoms with van der Waals surface area (Å²) in [5.74, 6) is -1.99. The van der Waals surface area contributed by atoms with Gasteiger partial charge >= 0.3 is 11.9 Å². The van der Waals surface area contributed by atoms with Gasteiger partial charge in [-0.2, -0.15) is 4.57 Å². The zero-order valence-electron chi connectivity index (χ0n) is 13.7. The normalized spacial score (nSPS) is 11.5. The molecular weight excluding hydrogens is 388 g/mol. The van der Waals surface area contributed by atoms with Gasteiger partial charge in [0.1, 0.15) is 4.92 Å². The molecule has 10 nitrogen and oxygen atoms in total. The molecule has 0 saturated carbocycles. The van der Waals surface area contributed by atoms with Crippen LogP contribution in [-0.4, -0.2) is 36.2 Å². The first-order valence-corrected chi connectivity index (χ1v) is 9.94. The van der Waals surface area contributed by atoms with Crippen LogP contribution in [0, 0.1) is 17.0 Å². The van der Waals surface area contributed by atoms with E-state index in [0.29, 0.717) is 13.0 Å². The number of carbonyl (C=O) groups is 1. The number of hydrogen-bond acceptors (Lipinski definition) is 9. The second-order valence-corrected chi connectivity index (χ2v) is 7.78. The summed E-state index contributed by atoms with van der Waals surface area (Å²) in [7, 11) is -4.22. The third kappa shape index (κ3) is 5.61. The average molecular weight is 404 g/mol. The highest BCUT2D eigenvalue weighted by Gasteiger charge is 2.19. The fraction of sp³-hybridized carbons (Fsp3) is 0.429. The number of nitro groups is 1. The molecule has 0 aromatic carbocycles. The molecular formula is C14H16N2O8S2. The second kappa shape index (κ2) is 8.38. The minimum atomic E-state index is -4.22. The Morgan fingerprint density at radius 1 is 1.42 bits per heavy atom. The number of esters is 1. The Bertz CT molecular complexity index is 900. The van der Waals surface area contributed by atoms with Crippen LogP contribution in [0.3, 0.4) is 0 Å². The molecule has 0 aliphatic carbocycles. The molecule has 12 heteroatoms. The number of ether oxygens (including phenoxy) is 1. The maximum Gasteiger partial charge on any atom is 0.433 e. The van der Waals surface area contributed by atoms with Crippen molar-refractivity contribution in [2.75, 3.05) is 12.4 Å². The van der Waals surface area contributed by atoms with Gasteiger partial charge < -0.3 is 13.7 Å². The first-order valence-electron chi connectivity index (χ1n) is 7.48. The molecule has 0 saturated heterocycles. The fourth-order valence-corrected chi connectivity index (χ4v) is 3.66. The van der Waals surface area contributed by atoms with Crippen molar-refractivity contribution in [3.8, 4) is 0 Å². The zero-order chi connectivity index (χ0) is 19.3. The fourth-order valence-electron chi connectivity index (χ4n) is 2.17. The standard InChI is InChI=1S/C14H16N2O8S2/c1-10-12(25-9-15(10)6-2-8-26(20,21)22)5-7-23-14(17)11-3-4-13(24-11)16(18)19/h3-4,9H,2,5-8H2,1H3. The molecule has 0 unspecified atom stereocenters. The van der Waals surface area contributed by atoms with E-state index >= 15 is 0 Å². The van der Waals surface area contributed by atoms with Gasteiger partial charge in [-0.15, -0.1) is 0 Å². The van der Waals surface area contributed by atoms with Crippen LogP contribution in [-0.2, 0) is 27.8 Å². The smallest absolute Gasteiger partial charge is 0.433 e. The average Bonchev–Trinajstić information content (AvgIpc) is 3.15. The van der Waals surface area contributed by atoms with Crippen molar-refractivity contribution < 1.29 is 36.4 Å². The molecule has 2 aromatic rings. The number of rotatable bonds is 9. The maximum absolute atomic E-state index is 11.8. The topological polar surface area (TPSA) is 144 Å². The molecule has 0 aliphatic heterocycles. The number of carbonyl (C=O) groups excluding carboxylic acids is 1. The number of aryl methyl sites for hydroxylation is 1. The van der Waals surface area contributed by atoms with E-state index in [1.165, 1.54) is 17.4 Å². The van der Waals surface area contributed by atoms with Crippen LogP contribution < -0.4 is 4.57 Å². The van der Waals surface area contributed by atoms with Gasteiger partial charge in [0, 0.05) is 25.5 Å². The van der Waals surface area contributed by atoms with Crippen LogP contribution in [0.15, 0.2) is 22.1 Å². The summed E-state index contributed by atoms with van der Waals surface area (Å²) in [6, 6.07) is 2.25. The molecule has 0 aliphatic rings. The van der Waals surface area contributed by atoms with Gasteiger partial charge in [0.15, 0.2) is 12.2 Å².